The molecule has 0 atom stereocenters. The van der Waals surface area contributed by atoms with E-state index in [1.807, 2.05) is 48.9 Å². The Balaban J connectivity index is 1.56. The van der Waals surface area contributed by atoms with Gasteiger partial charge in [0, 0.05) is 18.7 Å². The van der Waals surface area contributed by atoms with Crippen LogP contribution in [-0.4, -0.2) is 41.4 Å². The molecule has 0 bridgehead atoms. The second-order valence-electron chi connectivity index (χ2n) is 7.54. The van der Waals surface area contributed by atoms with E-state index in [1.54, 1.807) is 35.2 Å². The van der Waals surface area contributed by atoms with Crippen molar-refractivity contribution in [3.05, 3.63) is 72.1 Å². The van der Waals surface area contributed by atoms with Gasteiger partial charge in [0.05, 0.1) is 33.1 Å². The smallest absolute Gasteiger partial charge is 0.229 e. The number of hydrogen-bond donors (Lipinski definition) is 0. The van der Waals surface area contributed by atoms with Crippen LogP contribution in [0, 0.1) is 13.8 Å². The number of rotatable bonds is 8. The summed E-state index contributed by atoms with van der Waals surface area (Å²) in [5, 5.41) is 5.03. The van der Waals surface area contributed by atoms with E-state index >= 15 is 0 Å². The summed E-state index contributed by atoms with van der Waals surface area (Å²) >= 11 is 1.42. The fourth-order valence-electron chi connectivity index (χ4n) is 3.50. The lowest BCUT2D eigenvalue weighted by molar-refractivity contribution is -0.118. The highest BCUT2D eigenvalue weighted by molar-refractivity contribution is 7.91. The maximum atomic E-state index is 13.2. The van der Waals surface area contributed by atoms with Crippen molar-refractivity contribution in [3.8, 4) is 0 Å². The number of fused-ring (bicyclic) bond motifs is 1. The number of anilines is 1. The van der Waals surface area contributed by atoms with Crippen LogP contribution in [0.4, 0.5) is 5.13 Å². The minimum atomic E-state index is -3.55. The van der Waals surface area contributed by atoms with Crippen LogP contribution in [0.1, 0.15) is 17.8 Å². The van der Waals surface area contributed by atoms with Gasteiger partial charge >= 0.3 is 0 Å². The number of thiazole rings is 1. The Morgan fingerprint density at radius 2 is 1.78 bits per heavy atom. The van der Waals surface area contributed by atoms with Crippen molar-refractivity contribution in [2.75, 3.05) is 17.2 Å². The zero-order valence-electron chi connectivity index (χ0n) is 17.9. The summed E-state index contributed by atoms with van der Waals surface area (Å²) in [5.41, 5.74) is 2.73. The summed E-state index contributed by atoms with van der Waals surface area (Å²) in [5.74, 6) is -0.526. The van der Waals surface area contributed by atoms with E-state index in [9.17, 15) is 13.2 Å². The van der Waals surface area contributed by atoms with Crippen LogP contribution in [0.3, 0.4) is 0 Å². The molecule has 0 spiro atoms. The van der Waals surface area contributed by atoms with Crippen LogP contribution in [0.2, 0.25) is 0 Å². The molecule has 1 amide bonds. The van der Waals surface area contributed by atoms with Crippen LogP contribution in [0.15, 0.2) is 65.6 Å². The van der Waals surface area contributed by atoms with Gasteiger partial charge in [0.25, 0.3) is 0 Å². The number of carbonyl (C=O) groups is 1. The first-order valence-corrected chi connectivity index (χ1v) is 12.8. The Kier molecular flexibility index (Phi) is 6.38. The van der Waals surface area contributed by atoms with Gasteiger partial charge in [0.2, 0.25) is 5.91 Å². The number of carbonyl (C=O) groups excluding carboxylic acids is 1. The molecule has 0 radical (unpaired) electrons. The van der Waals surface area contributed by atoms with Gasteiger partial charge in [0.1, 0.15) is 0 Å². The van der Waals surface area contributed by atoms with Gasteiger partial charge in [-0.2, -0.15) is 5.10 Å². The van der Waals surface area contributed by atoms with E-state index in [2.05, 4.69) is 10.1 Å². The summed E-state index contributed by atoms with van der Waals surface area (Å²) in [7, 11) is -3.55. The molecule has 4 aromatic rings. The van der Waals surface area contributed by atoms with E-state index < -0.39 is 9.84 Å². The zero-order chi connectivity index (χ0) is 22.7. The van der Waals surface area contributed by atoms with Crippen LogP contribution >= 0.6 is 11.3 Å². The molecule has 0 aliphatic rings. The number of amides is 1. The van der Waals surface area contributed by atoms with E-state index in [0.717, 1.165) is 21.6 Å². The molecule has 2 heterocycles. The summed E-state index contributed by atoms with van der Waals surface area (Å²) in [4.78, 5) is 19.6. The van der Waals surface area contributed by atoms with E-state index in [0.29, 0.717) is 18.2 Å². The lowest BCUT2D eigenvalue weighted by Gasteiger charge is -2.20. The molecule has 0 fully saturated rings. The van der Waals surface area contributed by atoms with Crippen molar-refractivity contribution in [1.29, 1.82) is 0 Å². The van der Waals surface area contributed by atoms with Gasteiger partial charge in [-0.05, 0) is 44.2 Å². The molecule has 0 unspecified atom stereocenters. The van der Waals surface area contributed by atoms with E-state index in [-0.39, 0.29) is 23.0 Å². The SMILES string of the molecule is Cc1cc(C)n(CCN(C(=O)CCS(=O)(=O)c2ccccc2)c2nc3ccccc3s2)n1. The van der Waals surface area contributed by atoms with Crippen molar-refractivity contribution in [2.45, 2.75) is 31.7 Å². The number of aromatic nitrogens is 3. The third kappa shape index (κ3) is 4.89. The number of benzene rings is 2. The van der Waals surface area contributed by atoms with Gasteiger partial charge < -0.3 is 0 Å². The van der Waals surface area contributed by atoms with E-state index in [1.165, 1.54) is 11.3 Å². The van der Waals surface area contributed by atoms with Gasteiger partial charge in [-0.1, -0.05) is 41.7 Å². The quantitative estimate of drug-likeness (QED) is 0.390. The highest BCUT2D eigenvalue weighted by Crippen LogP contribution is 2.29. The Morgan fingerprint density at radius 1 is 1.06 bits per heavy atom. The Labute approximate surface area is 191 Å². The van der Waals surface area contributed by atoms with Crippen molar-refractivity contribution < 1.29 is 13.2 Å². The normalized spacial score (nSPS) is 11.7. The third-order valence-corrected chi connectivity index (χ3v) is 7.93. The first-order valence-electron chi connectivity index (χ1n) is 10.3. The molecule has 2 aromatic carbocycles. The van der Waals surface area contributed by atoms with Gasteiger partial charge in [0.15, 0.2) is 15.0 Å². The maximum absolute atomic E-state index is 13.2. The largest absolute Gasteiger partial charge is 0.286 e. The molecule has 9 heteroatoms. The molecule has 0 aliphatic carbocycles. The number of aryl methyl sites for hydroxylation is 2. The molecule has 0 saturated carbocycles. The Hall–Kier alpha value is -3.04. The molecule has 7 nitrogen and oxygen atoms in total. The standard InChI is InChI=1S/C23H24N4O3S2/c1-17-16-18(2)27(25-17)14-13-26(23-24-20-10-6-7-11-21(20)31-23)22(28)12-15-32(29,30)19-8-4-3-5-9-19/h3-11,16H,12-15H2,1-2H3. The fourth-order valence-corrected chi connectivity index (χ4v) is 5.76. The summed E-state index contributed by atoms with van der Waals surface area (Å²) in [6, 6.07) is 17.9. The van der Waals surface area contributed by atoms with E-state index in [4.69, 9.17) is 0 Å². The highest BCUT2D eigenvalue weighted by atomic mass is 32.2. The molecule has 0 N–H and O–H groups in total. The molecule has 0 saturated heterocycles. The number of nitrogens with zero attached hydrogens (tertiary/aromatic N) is 4. The lowest BCUT2D eigenvalue weighted by atomic mass is 10.3. The van der Waals surface area contributed by atoms with Crippen molar-refractivity contribution in [2.24, 2.45) is 0 Å². The van der Waals surface area contributed by atoms with Crippen molar-refractivity contribution in [3.63, 3.8) is 0 Å². The van der Waals surface area contributed by atoms with Crippen molar-refractivity contribution >= 4 is 42.4 Å². The number of para-hydroxylation sites is 1. The van der Waals surface area contributed by atoms with Crippen LogP contribution in [0.5, 0.6) is 0 Å². The van der Waals surface area contributed by atoms with Crippen LogP contribution < -0.4 is 4.90 Å². The summed E-state index contributed by atoms with van der Waals surface area (Å²) in [6.45, 7) is 4.74. The lowest BCUT2D eigenvalue weighted by Crippen LogP contribution is -2.35. The third-order valence-electron chi connectivity index (χ3n) is 5.14. The molecular weight excluding hydrogens is 444 g/mol. The summed E-state index contributed by atoms with van der Waals surface area (Å²) in [6.07, 6.45) is -0.121. The van der Waals surface area contributed by atoms with Crippen LogP contribution in [0.25, 0.3) is 10.2 Å². The Morgan fingerprint density at radius 3 is 2.47 bits per heavy atom. The highest BCUT2D eigenvalue weighted by Gasteiger charge is 2.23. The number of hydrogen-bond acceptors (Lipinski definition) is 6. The minimum absolute atomic E-state index is 0.121. The number of sulfone groups is 1. The molecule has 32 heavy (non-hydrogen) atoms. The maximum Gasteiger partial charge on any atom is 0.229 e. The topological polar surface area (TPSA) is 85.2 Å². The molecule has 166 valence electrons. The Bertz CT molecular complexity index is 1310. The van der Waals surface area contributed by atoms with Gasteiger partial charge in [-0.3, -0.25) is 14.4 Å². The molecule has 4 rings (SSSR count). The van der Waals surface area contributed by atoms with Gasteiger partial charge in [-0.15, -0.1) is 0 Å². The predicted molar refractivity (Wildman–Crippen MR) is 127 cm³/mol. The second-order valence-corrected chi connectivity index (χ2v) is 10.7. The summed E-state index contributed by atoms with van der Waals surface area (Å²) < 4.78 is 28.2. The average molecular weight is 469 g/mol. The monoisotopic (exact) mass is 468 g/mol. The predicted octanol–water partition coefficient (Wildman–Crippen LogP) is 4.01. The molecule has 2 aromatic heterocycles. The first-order chi connectivity index (χ1) is 15.3. The van der Waals surface area contributed by atoms with Crippen LogP contribution in [-0.2, 0) is 21.2 Å². The van der Waals surface area contributed by atoms with Crippen molar-refractivity contribution in [1.82, 2.24) is 14.8 Å². The minimum Gasteiger partial charge on any atom is -0.286 e. The molecular formula is C23H24N4O3S2. The first kappa shape index (κ1) is 22.2. The fraction of sp³-hybridized carbons (Fsp3) is 0.261. The van der Waals surface area contributed by atoms with Gasteiger partial charge in [-0.25, -0.2) is 13.4 Å². The molecule has 0 aliphatic heterocycles. The average Bonchev–Trinajstić information content (AvgIpc) is 3.35. The second kappa shape index (κ2) is 9.22. The zero-order valence-corrected chi connectivity index (χ0v) is 19.6.